The van der Waals surface area contributed by atoms with Crippen molar-refractivity contribution in [3.63, 3.8) is 0 Å². The van der Waals surface area contributed by atoms with Gasteiger partial charge in [-0.05, 0) is 47.5 Å². The maximum absolute atomic E-state index is 13.9. The molecule has 3 aromatic carbocycles. The van der Waals surface area contributed by atoms with E-state index in [2.05, 4.69) is 0 Å². The van der Waals surface area contributed by atoms with Crippen molar-refractivity contribution in [3.05, 3.63) is 98.3 Å². The normalized spacial score (nSPS) is 13.5. The number of pyridine rings is 1. The third-order valence-corrected chi connectivity index (χ3v) is 7.82. The van der Waals surface area contributed by atoms with Crippen LogP contribution in [0.15, 0.2) is 70.4 Å². The van der Waals surface area contributed by atoms with E-state index >= 15 is 0 Å². The lowest BCUT2D eigenvalue weighted by Gasteiger charge is -2.25. The van der Waals surface area contributed by atoms with Crippen molar-refractivity contribution in [2.45, 2.75) is 30.3 Å². The van der Waals surface area contributed by atoms with E-state index in [1.54, 1.807) is 48.2 Å². The van der Waals surface area contributed by atoms with E-state index in [-0.39, 0.29) is 17.2 Å². The summed E-state index contributed by atoms with van der Waals surface area (Å²) in [5, 5.41) is 0.949. The van der Waals surface area contributed by atoms with Crippen LogP contribution < -0.4 is 5.56 Å². The summed E-state index contributed by atoms with van der Waals surface area (Å²) in [6.07, 6.45) is -10.1. The summed E-state index contributed by atoms with van der Waals surface area (Å²) in [5.74, 6) is -0.267. The van der Waals surface area contributed by atoms with Crippen molar-refractivity contribution < 1.29 is 31.1 Å². The molecule has 0 radical (unpaired) electrons. The zero-order valence-electron chi connectivity index (χ0n) is 20.7. The Morgan fingerprint density at radius 2 is 1.62 bits per heavy atom. The molecule has 1 aliphatic heterocycles. The number of rotatable bonds is 4. The van der Waals surface area contributed by atoms with Crippen LogP contribution in [0.25, 0.3) is 22.0 Å². The summed E-state index contributed by atoms with van der Waals surface area (Å²) in [7, 11) is 1.23. The number of hydrogen-bond acceptors (Lipinski definition) is 3. The number of para-hydroxylation sites is 1. The van der Waals surface area contributed by atoms with E-state index in [0.29, 0.717) is 51.5 Å². The monoisotopic (exact) mass is 596 g/mol. The van der Waals surface area contributed by atoms with Gasteiger partial charge in [-0.2, -0.15) is 26.3 Å². The molecule has 1 aliphatic rings. The van der Waals surface area contributed by atoms with Crippen LogP contribution >= 0.6 is 23.4 Å². The molecule has 1 aromatic heterocycles. The highest BCUT2D eigenvalue weighted by Gasteiger charge is 2.37. The van der Waals surface area contributed by atoms with Gasteiger partial charge in [0.2, 0.25) is 0 Å². The molecule has 0 N–H and O–H groups in total. The van der Waals surface area contributed by atoms with Gasteiger partial charge in [-0.25, -0.2) is 0 Å². The number of halogens is 7. The topological polar surface area (TPSA) is 42.3 Å². The number of nitrogens with zero attached hydrogens (tertiary/aromatic N) is 2. The molecular formula is C28H19ClF6N2O2S. The number of hydrogen-bond donors (Lipinski definition) is 0. The Morgan fingerprint density at radius 1 is 0.975 bits per heavy atom. The maximum atomic E-state index is 13.9. The molecule has 0 bridgehead atoms. The molecule has 208 valence electrons. The lowest BCUT2D eigenvalue weighted by atomic mass is 9.94. The molecule has 5 rings (SSSR count). The van der Waals surface area contributed by atoms with Crippen LogP contribution in [-0.4, -0.2) is 28.2 Å². The van der Waals surface area contributed by atoms with Gasteiger partial charge in [-0.15, -0.1) is 11.8 Å². The lowest BCUT2D eigenvalue weighted by molar-refractivity contribution is -0.143. The molecule has 4 nitrogen and oxygen atoms in total. The van der Waals surface area contributed by atoms with Gasteiger partial charge in [0.1, 0.15) is 5.56 Å². The van der Waals surface area contributed by atoms with Gasteiger partial charge < -0.3 is 9.47 Å². The zero-order chi connectivity index (χ0) is 29.0. The van der Waals surface area contributed by atoms with Gasteiger partial charge in [0.25, 0.3) is 11.5 Å². The van der Waals surface area contributed by atoms with Crippen LogP contribution in [0.3, 0.4) is 0 Å². The van der Waals surface area contributed by atoms with Crippen LogP contribution in [0.5, 0.6) is 0 Å². The van der Waals surface area contributed by atoms with Crippen LogP contribution in [-0.2, 0) is 25.4 Å². The number of carbonyl (C=O) groups excluding carboxylic acids is 1. The predicted octanol–water partition coefficient (Wildman–Crippen LogP) is 7.74. The summed E-state index contributed by atoms with van der Waals surface area (Å²) in [4.78, 5) is 29.5. The highest BCUT2D eigenvalue weighted by molar-refractivity contribution is 7.99. The molecule has 0 spiro atoms. The number of carbonyl (C=O) groups is 1. The standard InChI is InChI=1S/C28H19ClF6N2O2S/c1-36(14-15-10-17(27(30,31)32)13-18(11-15)28(33,34)35)25(38)23-22(16-4-2-5-19(29)12-16)20-6-3-7-21-24(20)37(26(23)39)8-9-40-21/h2-7,10-13H,8-9,14H2,1H3. The van der Waals surface area contributed by atoms with Crippen LogP contribution in [0.2, 0.25) is 5.02 Å². The Hall–Kier alpha value is -3.44. The van der Waals surface area contributed by atoms with E-state index in [0.717, 1.165) is 9.80 Å². The van der Waals surface area contributed by atoms with Crippen LogP contribution in [0, 0.1) is 0 Å². The van der Waals surface area contributed by atoms with Gasteiger partial charge in [0.05, 0.1) is 16.6 Å². The molecule has 0 fully saturated rings. The third-order valence-electron chi connectivity index (χ3n) is 6.56. The molecular weight excluding hydrogens is 578 g/mol. The van der Waals surface area contributed by atoms with Gasteiger partial charge >= 0.3 is 12.4 Å². The zero-order valence-corrected chi connectivity index (χ0v) is 22.2. The fraction of sp³-hybridized carbons (Fsp3) is 0.214. The Kier molecular flexibility index (Phi) is 7.16. The molecule has 2 heterocycles. The average molecular weight is 597 g/mol. The number of aryl methyl sites for hydroxylation is 1. The minimum Gasteiger partial charge on any atom is -0.337 e. The van der Waals surface area contributed by atoms with E-state index in [1.165, 1.54) is 11.6 Å². The second-order valence-electron chi connectivity index (χ2n) is 9.29. The molecule has 0 aliphatic carbocycles. The Morgan fingerprint density at radius 3 is 2.25 bits per heavy atom. The first kappa shape index (κ1) is 28.1. The summed E-state index contributed by atoms with van der Waals surface area (Å²) in [6.45, 7) is -0.284. The molecule has 0 saturated heterocycles. The van der Waals surface area contributed by atoms with Gasteiger partial charge in [0.15, 0.2) is 0 Å². The van der Waals surface area contributed by atoms with Crippen molar-refractivity contribution in [1.29, 1.82) is 0 Å². The minimum atomic E-state index is -5.03. The van der Waals surface area contributed by atoms with Crippen molar-refractivity contribution in [2.75, 3.05) is 12.8 Å². The van der Waals surface area contributed by atoms with Crippen molar-refractivity contribution in [2.24, 2.45) is 0 Å². The van der Waals surface area contributed by atoms with Crippen molar-refractivity contribution in [1.82, 2.24) is 9.47 Å². The minimum absolute atomic E-state index is 0.0264. The Bertz CT molecular complexity index is 1680. The quantitative estimate of drug-likeness (QED) is 0.226. The highest BCUT2D eigenvalue weighted by Crippen LogP contribution is 2.39. The maximum Gasteiger partial charge on any atom is 0.416 e. The first-order chi connectivity index (χ1) is 18.8. The van der Waals surface area contributed by atoms with E-state index in [4.69, 9.17) is 11.6 Å². The molecule has 0 unspecified atom stereocenters. The first-order valence-corrected chi connectivity index (χ1v) is 13.2. The predicted molar refractivity (Wildman–Crippen MR) is 142 cm³/mol. The second-order valence-corrected chi connectivity index (χ2v) is 10.9. The SMILES string of the molecule is CN(Cc1cc(C(F)(F)F)cc(C(F)(F)F)c1)C(=O)c1c(-c2cccc(Cl)c2)c2cccc3c2n(c1=O)CCS3. The smallest absolute Gasteiger partial charge is 0.337 e. The fourth-order valence-corrected chi connectivity index (χ4v) is 6.06. The van der Waals surface area contributed by atoms with E-state index in [9.17, 15) is 35.9 Å². The first-order valence-electron chi connectivity index (χ1n) is 11.9. The third kappa shape index (κ3) is 5.19. The average Bonchev–Trinajstić information content (AvgIpc) is 2.89. The summed E-state index contributed by atoms with van der Waals surface area (Å²) >= 11 is 7.79. The van der Waals surface area contributed by atoms with Gasteiger partial charge in [-0.3, -0.25) is 9.59 Å². The van der Waals surface area contributed by atoms with Crippen LogP contribution in [0.1, 0.15) is 27.0 Å². The summed E-state index contributed by atoms with van der Waals surface area (Å²) < 4.78 is 81.8. The largest absolute Gasteiger partial charge is 0.416 e. The molecule has 40 heavy (non-hydrogen) atoms. The van der Waals surface area contributed by atoms with Gasteiger partial charge in [-0.1, -0.05) is 35.9 Å². The molecule has 1 amide bonds. The molecule has 12 heteroatoms. The lowest BCUT2D eigenvalue weighted by Crippen LogP contribution is -2.36. The number of thioether (sulfide) groups is 1. The number of alkyl halides is 6. The van der Waals surface area contributed by atoms with Crippen molar-refractivity contribution >= 4 is 40.2 Å². The number of benzene rings is 3. The highest BCUT2D eigenvalue weighted by atomic mass is 35.5. The summed E-state index contributed by atoms with van der Waals surface area (Å²) in [6, 6.07) is 13.1. The van der Waals surface area contributed by atoms with Crippen LogP contribution in [0.4, 0.5) is 26.3 Å². The summed E-state index contributed by atoms with van der Waals surface area (Å²) in [5.41, 5.74) is -2.80. The molecule has 0 atom stereocenters. The fourth-order valence-electron chi connectivity index (χ4n) is 4.85. The Balaban J connectivity index is 1.67. The van der Waals surface area contributed by atoms with E-state index in [1.807, 2.05) is 6.07 Å². The number of amides is 1. The molecule has 4 aromatic rings. The van der Waals surface area contributed by atoms with E-state index < -0.39 is 41.5 Å². The van der Waals surface area contributed by atoms with Gasteiger partial charge in [0, 0.05) is 46.8 Å². The molecule has 0 saturated carbocycles. The second kappa shape index (κ2) is 10.2. The van der Waals surface area contributed by atoms with Crippen molar-refractivity contribution in [3.8, 4) is 11.1 Å². The Labute approximate surface area is 233 Å². The number of aromatic nitrogens is 1.